The molecule has 1 aromatic carbocycles. The van der Waals surface area contributed by atoms with Crippen molar-refractivity contribution >= 4 is 16.7 Å². The molecule has 0 aliphatic rings. The number of aryl methyl sites for hydroxylation is 1. The van der Waals surface area contributed by atoms with E-state index in [1.807, 2.05) is 30.3 Å². The van der Waals surface area contributed by atoms with E-state index in [0.717, 1.165) is 11.3 Å². The summed E-state index contributed by atoms with van der Waals surface area (Å²) in [5.74, 6) is 0. The van der Waals surface area contributed by atoms with Gasteiger partial charge in [0.05, 0.1) is 11.3 Å². The van der Waals surface area contributed by atoms with Crippen LogP contribution in [0.15, 0.2) is 41.2 Å². The Hall–Kier alpha value is -2.84. The Balaban J connectivity index is 2.02. The lowest BCUT2D eigenvalue weighted by Crippen LogP contribution is -2.35. The lowest BCUT2D eigenvalue weighted by molar-refractivity contribution is -0.148. The lowest BCUT2D eigenvalue weighted by Gasteiger charge is -2.24. The van der Waals surface area contributed by atoms with Gasteiger partial charge in [-0.3, -0.25) is 9.48 Å². The number of aromatic nitrogens is 3. The van der Waals surface area contributed by atoms with Crippen LogP contribution in [-0.4, -0.2) is 36.8 Å². The first-order valence-electron chi connectivity index (χ1n) is 8.63. The number of ether oxygens (including phenoxy) is 1. The fourth-order valence-electron chi connectivity index (χ4n) is 2.88. The number of anilines is 1. The molecule has 0 radical (unpaired) electrons. The summed E-state index contributed by atoms with van der Waals surface area (Å²) in [5, 5.41) is 27.8. The van der Waals surface area contributed by atoms with Crippen LogP contribution < -0.4 is 10.9 Å². The zero-order valence-electron chi connectivity index (χ0n) is 15.8. The zero-order chi connectivity index (χ0) is 19.8. The van der Waals surface area contributed by atoms with E-state index in [1.165, 1.54) is 0 Å². The van der Waals surface area contributed by atoms with Gasteiger partial charge in [0.2, 0.25) is 12.1 Å². The van der Waals surface area contributed by atoms with Gasteiger partial charge in [0.1, 0.15) is 5.69 Å². The summed E-state index contributed by atoms with van der Waals surface area (Å²) in [5.41, 5.74) is 0.747. The highest BCUT2D eigenvalue weighted by Gasteiger charge is 2.21. The van der Waals surface area contributed by atoms with E-state index in [1.54, 1.807) is 38.6 Å². The molecule has 8 nitrogen and oxygen atoms in total. The molecule has 0 spiro atoms. The Morgan fingerprint density at radius 3 is 2.56 bits per heavy atom. The largest absolute Gasteiger partial charge is 0.423 e. The number of aliphatic hydroxyl groups excluding tert-OH is 1. The Bertz CT molecular complexity index is 1000. The Labute approximate surface area is 156 Å². The molecule has 0 fully saturated rings. The summed E-state index contributed by atoms with van der Waals surface area (Å²) in [6, 6.07) is 11.4. The third-order valence-electron chi connectivity index (χ3n) is 4.06. The molecule has 1 unspecified atom stereocenters. The molecule has 0 saturated heterocycles. The monoisotopic (exact) mass is 372 g/mol. The van der Waals surface area contributed by atoms with Crippen LogP contribution in [0.3, 0.4) is 0 Å². The maximum Gasteiger partial charge on any atom is 0.308 e. The van der Waals surface area contributed by atoms with Crippen molar-refractivity contribution in [1.29, 1.82) is 0 Å². The molecule has 2 aromatic heterocycles. The summed E-state index contributed by atoms with van der Waals surface area (Å²) in [6.45, 7) is 5.35. The van der Waals surface area contributed by atoms with Crippen molar-refractivity contribution in [2.45, 2.75) is 39.2 Å². The zero-order valence-corrected chi connectivity index (χ0v) is 15.8. The molecule has 0 saturated carbocycles. The molecule has 0 aliphatic carbocycles. The molecule has 27 heavy (non-hydrogen) atoms. The minimum atomic E-state index is -1.40. The van der Waals surface area contributed by atoms with Crippen LogP contribution in [0.5, 0.6) is 0 Å². The van der Waals surface area contributed by atoms with Crippen molar-refractivity contribution in [3.63, 3.8) is 0 Å². The normalized spacial score (nSPS) is 13.1. The fourth-order valence-corrected chi connectivity index (χ4v) is 2.88. The fraction of sp³-hybridized carbons (Fsp3) is 0.368. The first-order chi connectivity index (χ1) is 12.7. The minimum Gasteiger partial charge on any atom is -0.423 e. The van der Waals surface area contributed by atoms with Gasteiger partial charge in [-0.05, 0) is 32.4 Å². The number of aliphatic hydroxyl groups is 1. The average molecular weight is 372 g/mol. The maximum absolute atomic E-state index is 12.4. The minimum absolute atomic E-state index is 0.0176. The van der Waals surface area contributed by atoms with Crippen molar-refractivity contribution in [2.24, 2.45) is 7.05 Å². The summed E-state index contributed by atoms with van der Waals surface area (Å²) in [6.07, 6.45) is -0.823. The van der Waals surface area contributed by atoms with Crippen molar-refractivity contribution in [2.75, 3.05) is 5.32 Å². The Morgan fingerprint density at radius 2 is 1.93 bits per heavy atom. The van der Waals surface area contributed by atoms with Crippen molar-refractivity contribution in [1.82, 2.24) is 14.5 Å². The third kappa shape index (κ3) is 4.12. The van der Waals surface area contributed by atoms with Gasteiger partial charge in [-0.1, -0.05) is 30.3 Å². The highest BCUT2D eigenvalue weighted by molar-refractivity contribution is 5.82. The summed E-state index contributed by atoms with van der Waals surface area (Å²) in [7, 11) is 1.76. The van der Waals surface area contributed by atoms with Gasteiger partial charge in [0, 0.05) is 18.9 Å². The van der Waals surface area contributed by atoms with E-state index < -0.39 is 17.6 Å². The number of hydrogen-bond donors (Lipinski definition) is 3. The van der Waals surface area contributed by atoms with Gasteiger partial charge in [-0.2, -0.15) is 5.10 Å². The van der Waals surface area contributed by atoms with Crippen molar-refractivity contribution in [3.8, 4) is 0 Å². The van der Waals surface area contributed by atoms with Crippen LogP contribution in [-0.2, 0) is 18.2 Å². The van der Waals surface area contributed by atoms with Gasteiger partial charge in [0.25, 0.3) is 0 Å². The van der Waals surface area contributed by atoms with E-state index in [4.69, 9.17) is 4.74 Å². The molecule has 3 N–H and O–H groups in total. The van der Waals surface area contributed by atoms with Crippen LogP contribution in [0.1, 0.15) is 32.0 Å². The first-order valence-corrected chi connectivity index (χ1v) is 8.63. The predicted octanol–water partition coefficient (Wildman–Crippen LogP) is 2.07. The number of nitrogens with zero attached hydrogens (tertiary/aromatic N) is 3. The number of fused-ring (bicyclic) bond motifs is 1. The van der Waals surface area contributed by atoms with E-state index in [2.05, 4.69) is 10.4 Å². The molecule has 2 heterocycles. The number of hydrogen-bond acceptors (Lipinski definition) is 6. The summed E-state index contributed by atoms with van der Waals surface area (Å²) >= 11 is 0. The topological polar surface area (TPSA) is 102 Å². The Kier molecular flexibility index (Phi) is 4.95. The molecule has 3 aromatic rings. The molecule has 0 amide bonds. The van der Waals surface area contributed by atoms with Crippen LogP contribution in [0.4, 0.5) is 5.69 Å². The van der Waals surface area contributed by atoms with E-state index in [0.29, 0.717) is 16.5 Å². The van der Waals surface area contributed by atoms with Crippen LogP contribution in [0.25, 0.3) is 11.0 Å². The van der Waals surface area contributed by atoms with Crippen molar-refractivity contribution < 1.29 is 15.1 Å². The highest BCUT2D eigenvalue weighted by atomic mass is 16.6. The molecule has 8 heteroatoms. The molecular formula is C19H24N4O4. The highest BCUT2D eigenvalue weighted by Crippen LogP contribution is 2.22. The molecule has 1 atom stereocenters. The Morgan fingerprint density at radius 1 is 1.26 bits per heavy atom. The van der Waals surface area contributed by atoms with Crippen molar-refractivity contribution in [3.05, 3.63) is 58.0 Å². The van der Waals surface area contributed by atoms with Crippen LogP contribution in [0, 0.1) is 0 Å². The molecule has 0 bridgehead atoms. The van der Waals surface area contributed by atoms with Gasteiger partial charge in [0.15, 0.2) is 0 Å². The van der Waals surface area contributed by atoms with E-state index in [9.17, 15) is 15.1 Å². The van der Waals surface area contributed by atoms with E-state index in [-0.39, 0.29) is 11.3 Å². The third-order valence-corrected chi connectivity index (χ3v) is 4.06. The van der Waals surface area contributed by atoms with Gasteiger partial charge < -0.3 is 20.4 Å². The molecule has 144 valence electrons. The second-order valence-corrected chi connectivity index (χ2v) is 7.37. The van der Waals surface area contributed by atoms with Gasteiger partial charge in [-0.15, -0.1) is 4.73 Å². The number of nitrogens with one attached hydrogen (secondary N) is 1. The summed E-state index contributed by atoms with van der Waals surface area (Å²) < 4.78 is 7.49. The molecule has 0 aliphatic heterocycles. The number of rotatable bonds is 5. The second kappa shape index (κ2) is 7.05. The van der Waals surface area contributed by atoms with Crippen LogP contribution >= 0.6 is 0 Å². The molecular weight excluding hydrogens is 348 g/mol. The second-order valence-electron chi connectivity index (χ2n) is 7.37. The van der Waals surface area contributed by atoms with E-state index >= 15 is 0 Å². The number of benzene rings is 1. The quantitative estimate of drug-likeness (QED) is 0.468. The summed E-state index contributed by atoms with van der Waals surface area (Å²) in [4.78, 5) is 12.4. The predicted molar refractivity (Wildman–Crippen MR) is 102 cm³/mol. The van der Waals surface area contributed by atoms with Gasteiger partial charge >= 0.3 is 5.56 Å². The SMILES string of the molecule is Cn1nc2c(cc(NC(O)OC(C)(C)C)c(=O)n2O)c1Cc1ccccc1. The first kappa shape index (κ1) is 18.9. The average Bonchev–Trinajstić information content (AvgIpc) is 2.88. The standard InChI is InChI=1S/C19H24N4O4/c1-19(2,3)27-18(25)20-14-11-13-15(10-12-8-6-5-7-9-12)22(4)21-16(13)23(26)17(14)24/h5-9,11,18,20,25-26H,10H2,1-4H3. The lowest BCUT2D eigenvalue weighted by atomic mass is 10.1. The van der Waals surface area contributed by atoms with Gasteiger partial charge in [-0.25, -0.2) is 0 Å². The van der Waals surface area contributed by atoms with Crippen LogP contribution in [0.2, 0.25) is 0 Å². The molecule has 3 rings (SSSR count). The number of pyridine rings is 1. The maximum atomic E-state index is 12.4. The smallest absolute Gasteiger partial charge is 0.308 e.